The van der Waals surface area contributed by atoms with Gasteiger partial charge in [-0.1, -0.05) is 97.0 Å². The van der Waals surface area contributed by atoms with Crippen LogP contribution in [0, 0.1) is 24.7 Å². The summed E-state index contributed by atoms with van der Waals surface area (Å²) in [6, 6.07) is 33.5. The molecule has 2 aliphatic carbocycles. The molecule has 0 atom stereocenters. The van der Waals surface area contributed by atoms with Gasteiger partial charge in [-0.3, -0.25) is 0 Å². The van der Waals surface area contributed by atoms with Gasteiger partial charge in [0.1, 0.15) is 0 Å². The Kier molecular flexibility index (Phi) is 6.38. The zero-order chi connectivity index (χ0) is 34.2. The highest BCUT2D eigenvalue weighted by atomic mass is 15.2. The van der Waals surface area contributed by atoms with Crippen molar-refractivity contribution in [3.63, 3.8) is 0 Å². The molecule has 2 nitrogen and oxygen atoms in total. The van der Waals surface area contributed by atoms with Gasteiger partial charge >= 0.3 is 0 Å². The van der Waals surface area contributed by atoms with Crippen LogP contribution in [0.4, 0.5) is 34.1 Å². The molecule has 0 N–H and O–H groups in total. The van der Waals surface area contributed by atoms with Crippen molar-refractivity contribution in [2.24, 2.45) is 10.8 Å². The molecule has 0 spiro atoms. The Morgan fingerprint density at radius 1 is 0.510 bits per heavy atom. The van der Waals surface area contributed by atoms with E-state index >= 15 is 0 Å². The number of hydrogen-bond donors (Lipinski definition) is 0. The fourth-order valence-corrected chi connectivity index (χ4v) is 9.69. The van der Waals surface area contributed by atoms with E-state index < -0.39 is 0 Å². The highest BCUT2D eigenvalue weighted by Crippen LogP contribution is 2.50. The van der Waals surface area contributed by atoms with Crippen molar-refractivity contribution in [3.05, 3.63) is 124 Å². The number of benzene rings is 5. The summed E-state index contributed by atoms with van der Waals surface area (Å²) in [5, 5.41) is 0. The van der Waals surface area contributed by atoms with Gasteiger partial charge in [0.2, 0.25) is 0 Å². The second kappa shape index (κ2) is 10.2. The highest BCUT2D eigenvalue weighted by molar-refractivity contribution is 7.00. The number of para-hydroxylation sites is 2. The van der Waals surface area contributed by atoms with Gasteiger partial charge in [-0.15, -0.1) is 0 Å². The number of hydrogen-bond acceptors (Lipinski definition) is 2. The normalized spacial score (nSPS) is 17.8. The van der Waals surface area contributed by atoms with E-state index in [1.807, 2.05) is 0 Å². The van der Waals surface area contributed by atoms with Gasteiger partial charge < -0.3 is 9.80 Å². The molecule has 9 rings (SSSR count). The molecular formula is C46H49BN2. The number of anilines is 6. The average Bonchev–Trinajstić information content (AvgIpc) is 3.50. The second-order valence-electron chi connectivity index (χ2n) is 18.2. The number of aryl methyl sites for hydroxylation is 2. The second-order valence-corrected chi connectivity index (χ2v) is 18.2. The topological polar surface area (TPSA) is 6.48 Å². The molecule has 2 aliphatic heterocycles. The monoisotopic (exact) mass is 640 g/mol. The predicted octanol–water partition coefficient (Wildman–Crippen LogP) is 9.93. The van der Waals surface area contributed by atoms with Crippen LogP contribution < -0.4 is 26.2 Å². The smallest absolute Gasteiger partial charge is 0.252 e. The minimum absolute atomic E-state index is 0.0275. The molecule has 5 aromatic carbocycles. The van der Waals surface area contributed by atoms with Crippen molar-refractivity contribution >= 4 is 57.2 Å². The lowest BCUT2D eigenvalue weighted by Crippen LogP contribution is -2.61. The minimum atomic E-state index is -0.0275. The molecule has 0 fully saturated rings. The van der Waals surface area contributed by atoms with Crippen LogP contribution in [-0.4, -0.2) is 6.71 Å². The van der Waals surface area contributed by atoms with Crippen LogP contribution in [0.3, 0.4) is 0 Å². The van der Waals surface area contributed by atoms with Crippen molar-refractivity contribution in [2.75, 3.05) is 9.80 Å². The molecule has 0 saturated heterocycles. The standard InChI is InChI=1S/C46H49BN2/c1-28-14-10-12-16-37(28)48-39-20-32-26-45(6,7)24-30(32)18-35(39)47-36-19-31-25-46(8,9)27-33(31)21-40(36)49(38-17-13-11-15-29(38)2)42-23-34(44(3,4)5)22-41(48)43(42)47/h10-23H,24-27H2,1-9H3. The van der Waals surface area contributed by atoms with Crippen LogP contribution in [0.15, 0.2) is 84.9 Å². The third kappa shape index (κ3) is 4.68. The fourth-order valence-electron chi connectivity index (χ4n) is 9.69. The Morgan fingerprint density at radius 2 is 0.898 bits per heavy atom. The van der Waals surface area contributed by atoms with Crippen LogP contribution >= 0.6 is 0 Å². The summed E-state index contributed by atoms with van der Waals surface area (Å²) in [7, 11) is 0. The SMILES string of the molecule is Cc1ccccc1N1c2cc3c(cc2B2c4cc5c(cc4N(c4ccccc4C)c4cc(C(C)(C)C)cc1c42)CC(C)(C)C5)CC(C)(C)C3. The van der Waals surface area contributed by atoms with Gasteiger partial charge in [0.25, 0.3) is 6.71 Å². The lowest BCUT2D eigenvalue weighted by atomic mass is 9.33. The van der Waals surface area contributed by atoms with Crippen LogP contribution in [0.2, 0.25) is 0 Å². The first kappa shape index (κ1) is 30.8. The molecule has 0 amide bonds. The molecule has 5 aromatic rings. The maximum Gasteiger partial charge on any atom is 0.252 e. The molecule has 246 valence electrons. The van der Waals surface area contributed by atoms with Gasteiger partial charge in [0.15, 0.2) is 0 Å². The Hall–Kier alpha value is -4.24. The quantitative estimate of drug-likeness (QED) is 0.174. The molecule has 49 heavy (non-hydrogen) atoms. The zero-order valence-electron chi connectivity index (χ0n) is 30.9. The number of rotatable bonds is 2. The Bertz CT molecular complexity index is 2070. The highest BCUT2D eigenvalue weighted by Gasteiger charge is 2.46. The average molecular weight is 641 g/mol. The molecule has 0 aromatic heterocycles. The summed E-state index contributed by atoms with van der Waals surface area (Å²) in [6.07, 6.45) is 4.52. The first-order valence-corrected chi connectivity index (χ1v) is 18.4. The summed E-state index contributed by atoms with van der Waals surface area (Å²) >= 11 is 0. The van der Waals surface area contributed by atoms with E-state index in [0.29, 0.717) is 0 Å². The maximum atomic E-state index is 2.64. The van der Waals surface area contributed by atoms with Crippen molar-refractivity contribution in [3.8, 4) is 0 Å². The summed E-state index contributed by atoms with van der Waals surface area (Å²) < 4.78 is 0. The van der Waals surface area contributed by atoms with Gasteiger partial charge in [0, 0.05) is 34.1 Å². The van der Waals surface area contributed by atoms with Crippen LogP contribution in [0.25, 0.3) is 0 Å². The van der Waals surface area contributed by atoms with Gasteiger partial charge in [-0.05, 0) is 148 Å². The van der Waals surface area contributed by atoms with E-state index in [0.717, 1.165) is 25.7 Å². The third-order valence-corrected chi connectivity index (χ3v) is 12.0. The largest absolute Gasteiger partial charge is 0.311 e. The van der Waals surface area contributed by atoms with E-state index in [1.54, 1.807) is 0 Å². The molecule has 4 aliphatic rings. The van der Waals surface area contributed by atoms with Gasteiger partial charge in [-0.2, -0.15) is 0 Å². The first-order valence-electron chi connectivity index (χ1n) is 18.4. The molecule has 2 heterocycles. The Labute approximate surface area is 294 Å². The first-order chi connectivity index (χ1) is 23.2. The van der Waals surface area contributed by atoms with Crippen LogP contribution in [0.1, 0.15) is 87.4 Å². The predicted molar refractivity (Wildman–Crippen MR) is 211 cm³/mol. The van der Waals surface area contributed by atoms with E-state index in [9.17, 15) is 0 Å². The van der Waals surface area contributed by atoms with Crippen molar-refractivity contribution in [2.45, 2.75) is 93.4 Å². The van der Waals surface area contributed by atoms with Crippen molar-refractivity contribution in [1.82, 2.24) is 0 Å². The van der Waals surface area contributed by atoms with Crippen molar-refractivity contribution < 1.29 is 0 Å². The zero-order valence-corrected chi connectivity index (χ0v) is 30.9. The third-order valence-electron chi connectivity index (χ3n) is 12.0. The molecule has 0 unspecified atom stereocenters. The van der Waals surface area contributed by atoms with Crippen molar-refractivity contribution in [1.29, 1.82) is 0 Å². The summed E-state index contributed by atoms with van der Waals surface area (Å²) in [4.78, 5) is 5.27. The molecule has 0 radical (unpaired) electrons. The van der Waals surface area contributed by atoms with E-state index in [2.05, 4.69) is 157 Å². The van der Waals surface area contributed by atoms with E-state index in [-0.39, 0.29) is 23.0 Å². The number of fused-ring (bicyclic) bond motifs is 6. The Morgan fingerprint density at radius 3 is 1.29 bits per heavy atom. The molecule has 3 heteroatoms. The molecular weight excluding hydrogens is 591 g/mol. The lowest BCUT2D eigenvalue weighted by Gasteiger charge is -2.46. The maximum absolute atomic E-state index is 2.64. The van der Waals surface area contributed by atoms with Crippen LogP contribution in [-0.2, 0) is 31.1 Å². The molecule has 0 saturated carbocycles. The number of nitrogens with zero attached hydrogens (tertiary/aromatic N) is 2. The fraction of sp³-hybridized carbons (Fsp3) is 0.348. The summed E-state index contributed by atoms with van der Waals surface area (Å²) in [5.41, 5.74) is 22.9. The van der Waals surface area contributed by atoms with Gasteiger partial charge in [0.05, 0.1) is 0 Å². The summed E-state index contributed by atoms with van der Waals surface area (Å²) in [6.45, 7) is 21.6. The molecule has 0 bridgehead atoms. The summed E-state index contributed by atoms with van der Waals surface area (Å²) in [5.74, 6) is 0. The Balaban J connectivity index is 1.44. The van der Waals surface area contributed by atoms with Crippen LogP contribution in [0.5, 0.6) is 0 Å². The lowest BCUT2D eigenvalue weighted by molar-refractivity contribution is 0.392. The van der Waals surface area contributed by atoms with E-state index in [4.69, 9.17) is 0 Å². The minimum Gasteiger partial charge on any atom is -0.311 e. The van der Waals surface area contributed by atoms with E-state index in [1.165, 1.54) is 89.5 Å². The van der Waals surface area contributed by atoms with Gasteiger partial charge in [-0.25, -0.2) is 0 Å².